The Hall–Kier alpha value is -1.13. The van der Waals surface area contributed by atoms with Gasteiger partial charge in [0, 0.05) is 0 Å². The minimum absolute atomic E-state index is 0.101. The van der Waals surface area contributed by atoms with Crippen LogP contribution in [0.3, 0.4) is 0 Å². The van der Waals surface area contributed by atoms with Crippen LogP contribution in [0.5, 0.6) is 0 Å². The Morgan fingerprint density at radius 3 is 2.16 bits per heavy atom. The van der Waals surface area contributed by atoms with E-state index in [1.165, 1.54) is 11.6 Å². The van der Waals surface area contributed by atoms with E-state index in [-0.39, 0.29) is 11.1 Å². The van der Waals surface area contributed by atoms with Gasteiger partial charge in [-0.25, -0.2) is 0 Å². The molecule has 0 spiro atoms. The van der Waals surface area contributed by atoms with Crippen LogP contribution in [0.4, 0.5) is 0 Å². The Morgan fingerprint density at radius 1 is 1.16 bits per heavy atom. The molecule has 0 rings (SSSR count). The van der Waals surface area contributed by atoms with Gasteiger partial charge in [-0.2, -0.15) is 0 Å². The monoisotopic (exact) mass is 365 g/mol. The smallest absolute Gasteiger partial charge is 0.192 e. The fourth-order valence-corrected chi connectivity index (χ4v) is 3.60. The molecule has 0 aliphatic rings. The van der Waals surface area contributed by atoms with Gasteiger partial charge < -0.3 is 14.3 Å². The van der Waals surface area contributed by atoms with Gasteiger partial charge in [0.05, 0.1) is 12.1 Å². The average molecular weight is 366 g/mol. The predicted octanol–water partition coefficient (Wildman–Crippen LogP) is 5.16. The lowest BCUT2D eigenvalue weighted by Gasteiger charge is -2.39. The van der Waals surface area contributed by atoms with Crippen LogP contribution in [-0.4, -0.2) is 20.4 Å². The van der Waals surface area contributed by atoms with E-state index in [9.17, 15) is 9.90 Å². The van der Waals surface area contributed by atoms with Gasteiger partial charge >= 0.3 is 0 Å². The van der Waals surface area contributed by atoms with E-state index >= 15 is 0 Å². The maximum Gasteiger partial charge on any atom is 0.192 e. The number of carbonyl (C=O) groups is 1. The molecule has 0 N–H and O–H groups in total. The van der Waals surface area contributed by atoms with Crippen molar-refractivity contribution in [3.05, 3.63) is 35.5 Å². The SMILES string of the molecule is C=C(C)C(CC/C(C)=C/CC/C(C)=C/C(=O)[O-])O[Si](C)(C)C(C)(C)C. The second-order valence-electron chi connectivity index (χ2n) is 8.65. The van der Waals surface area contributed by atoms with Crippen molar-refractivity contribution >= 4 is 14.3 Å². The van der Waals surface area contributed by atoms with Crippen molar-refractivity contribution < 1.29 is 14.3 Å². The highest BCUT2D eigenvalue weighted by Crippen LogP contribution is 2.38. The zero-order valence-electron chi connectivity index (χ0n) is 17.5. The molecule has 0 aromatic carbocycles. The van der Waals surface area contributed by atoms with Crippen molar-refractivity contribution in [3.63, 3.8) is 0 Å². The summed E-state index contributed by atoms with van der Waals surface area (Å²) in [5.74, 6) is -1.12. The fraction of sp³-hybridized carbons (Fsp3) is 0.667. The van der Waals surface area contributed by atoms with Gasteiger partial charge in [-0.05, 0) is 70.7 Å². The van der Waals surface area contributed by atoms with Gasteiger partial charge in [0.1, 0.15) is 0 Å². The highest BCUT2D eigenvalue weighted by molar-refractivity contribution is 6.74. The molecule has 1 unspecified atom stereocenters. The van der Waals surface area contributed by atoms with Crippen LogP contribution in [0.2, 0.25) is 18.1 Å². The van der Waals surface area contributed by atoms with E-state index in [2.05, 4.69) is 53.4 Å². The lowest BCUT2D eigenvalue weighted by molar-refractivity contribution is -0.297. The number of allylic oxidation sites excluding steroid dienone is 3. The van der Waals surface area contributed by atoms with Crippen molar-refractivity contribution in [2.24, 2.45) is 0 Å². The fourth-order valence-electron chi connectivity index (χ4n) is 2.22. The molecule has 0 aromatic rings. The highest BCUT2D eigenvalue weighted by Gasteiger charge is 2.39. The third kappa shape index (κ3) is 9.80. The first-order chi connectivity index (χ1) is 11.3. The molecule has 1 atom stereocenters. The quantitative estimate of drug-likeness (QED) is 0.305. The molecule has 0 aliphatic carbocycles. The number of carboxylic acids is 1. The van der Waals surface area contributed by atoms with Crippen LogP contribution in [0.25, 0.3) is 0 Å². The van der Waals surface area contributed by atoms with Gasteiger partial charge in [0.2, 0.25) is 0 Å². The van der Waals surface area contributed by atoms with Gasteiger partial charge in [0.25, 0.3) is 0 Å². The molecule has 0 aliphatic heterocycles. The maximum atomic E-state index is 10.5. The molecule has 0 fully saturated rings. The van der Waals surface area contributed by atoms with Crippen LogP contribution in [0.1, 0.15) is 67.2 Å². The summed E-state index contributed by atoms with van der Waals surface area (Å²) in [6.45, 7) is 21.4. The van der Waals surface area contributed by atoms with E-state index in [4.69, 9.17) is 4.43 Å². The normalized spacial score (nSPS) is 15.2. The number of rotatable bonds is 10. The average Bonchev–Trinajstić information content (AvgIpc) is 2.40. The first-order valence-corrected chi connectivity index (χ1v) is 12.0. The van der Waals surface area contributed by atoms with E-state index in [1.807, 2.05) is 13.8 Å². The van der Waals surface area contributed by atoms with Crippen molar-refractivity contribution in [2.45, 2.75) is 91.5 Å². The third-order valence-corrected chi connectivity index (χ3v) is 9.48. The predicted molar refractivity (Wildman–Crippen MR) is 108 cm³/mol. The summed E-state index contributed by atoms with van der Waals surface area (Å²) in [6.07, 6.45) is 6.97. The Kier molecular flexibility index (Phi) is 9.66. The number of hydrogen-bond acceptors (Lipinski definition) is 3. The molecule has 0 saturated heterocycles. The number of aliphatic carboxylic acids is 1. The molecule has 0 aromatic heterocycles. The molecule has 144 valence electrons. The van der Waals surface area contributed by atoms with Crippen molar-refractivity contribution in [1.82, 2.24) is 0 Å². The zero-order valence-corrected chi connectivity index (χ0v) is 18.5. The molecule has 4 heteroatoms. The minimum atomic E-state index is -1.81. The first-order valence-electron chi connectivity index (χ1n) is 9.13. The lowest BCUT2D eigenvalue weighted by Crippen LogP contribution is -2.44. The molecule has 0 bridgehead atoms. The van der Waals surface area contributed by atoms with E-state index < -0.39 is 14.3 Å². The molecule has 25 heavy (non-hydrogen) atoms. The maximum absolute atomic E-state index is 10.5. The summed E-state index contributed by atoms with van der Waals surface area (Å²) in [7, 11) is -1.81. The molecule has 0 radical (unpaired) electrons. The number of hydrogen-bond donors (Lipinski definition) is 0. The van der Waals surface area contributed by atoms with Gasteiger partial charge in [-0.3, -0.25) is 0 Å². The van der Waals surface area contributed by atoms with Crippen LogP contribution in [0.15, 0.2) is 35.5 Å². The van der Waals surface area contributed by atoms with Crippen molar-refractivity contribution in [1.29, 1.82) is 0 Å². The second-order valence-corrected chi connectivity index (χ2v) is 13.4. The summed E-state index contributed by atoms with van der Waals surface area (Å²) >= 11 is 0. The van der Waals surface area contributed by atoms with Crippen molar-refractivity contribution in [3.8, 4) is 0 Å². The number of carbonyl (C=O) groups excluding carboxylic acids is 1. The highest BCUT2D eigenvalue weighted by atomic mass is 28.4. The molecule has 0 amide bonds. The molecule has 3 nitrogen and oxygen atoms in total. The Morgan fingerprint density at radius 2 is 1.72 bits per heavy atom. The van der Waals surface area contributed by atoms with Gasteiger partial charge in [-0.15, -0.1) is 0 Å². The van der Waals surface area contributed by atoms with Gasteiger partial charge in [0.15, 0.2) is 8.32 Å². The molecular weight excluding hydrogens is 328 g/mol. The summed E-state index contributed by atoms with van der Waals surface area (Å²) in [6, 6.07) is 0. The zero-order chi connectivity index (χ0) is 19.8. The van der Waals surface area contributed by atoms with Gasteiger partial charge in [-0.1, -0.05) is 50.1 Å². The minimum Gasteiger partial charge on any atom is -0.545 e. The van der Waals surface area contributed by atoms with Crippen molar-refractivity contribution in [2.75, 3.05) is 0 Å². The van der Waals surface area contributed by atoms with E-state index in [0.29, 0.717) is 0 Å². The van der Waals surface area contributed by atoms with E-state index in [0.717, 1.165) is 36.8 Å². The lowest BCUT2D eigenvalue weighted by atomic mass is 10.0. The Bertz CT molecular complexity index is 522. The molecule has 0 heterocycles. The summed E-state index contributed by atoms with van der Waals surface area (Å²) in [5.41, 5.74) is 3.24. The topological polar surface area (TPSA) is 49.4 Å². The van der Waals surface area contributed by atoms with Crippen LogP contribution in [-0.2, 0) is 9.22 Å². The van der Waals surface area contributed by atoms with E-state index in [1.54, 1.807) is 0 Å². The third-order valence-electron chi connectivity index (χ3n) is 4.99. The first kappa shape index (κ1) is 23.9. The molecule has 0 saturated carbocycles. The summed E-state index contributed by atoms with van der Waals surface area (Å²) < 4.78 is 6.53. The standard InChI is InChI=1S/C21H38O3Si/c1-16(2)19(24-25(8,9)21(5,6)7)14-13-17(3)11-10-12-18(4)15-20(22)23/h11,15,19H,1,10,12-14H2,2-9H3,(H,22,23)/p-1/b17-11+,18-15+. The van der Waals surface area contributed by atoms with Crippen LogP contribution >= 0.6 is 0 Å². The summed E-state index contributed by atoms with van der Waals surface area (Å²) in [4.78, 5) is 10.5. The second kappa shape index (κ2) is 10.1. The molecular formula is C21H37O3Si-. The Balaban J connectivity index is 4.64. The number of carboxylic acid groups (broad SMARTS) is 1. The largest absolute Gasteiger partial charge is 0.545 e. The van der Waals surface area contributed by atoms with Crippen LogP contribution in [0, 0.1) is 0 Å². The Labute approximate surface area is 156 Å². The van der Waals surface area contributed by atoms with Crippen LogP contribution < -0.4 is 5.11 Å². The summed E-state index contributed by atoms with van der Waals surface area (Å²) in [5, 5.41) is 10.7.